The van der Waals surface area contributed by atoms with Crippen LogP contribution in [0.3, 0.4) is 0 Å². The maximum absolute atomic E-state index is 13.2. The Bertz CT molecular complexity index is 1280. The van der Waals surface area contributed by atoms with Gasteiger partial charge in [0.2, 0.25) is 20.0 Å². The van der Waals surface area contributed by atoms with Gasteiger partial charge in [0.25, 0.3) is 0 Å². The van der Waals surface area contributed by atoms with Gasteiger partial charge in [0.1, 0.15) is 11.6 Å². The number of rotatable bonds is 10. The molecule has 10 heteroatoms. The summed E-state index contributed by atoms with van der Waals surface area (Å²) in [7, 11) is -7.52. The van der Waals surface area contributed by atoms with Crippen LogP contribution in [0, 0.1) is 33.5 Å². The van der Waals surface area contributed by atoms with Crippen LogP contribution in [0.1, 0.15) is 77.3 Å². The van der Waals surface area contributed by atoms with Crippen LogP contribution < -0.4 is 9.44 Å². The molecular weight excluding hydrogens is 524 g/mol. The zero-order valence-electron chi connectivity index (χ0n) is 22.8. The molecule has 4 aliphatic carbocycles. The van der Waals surface area contributed by atoms with Crippen molar-refractivity contribution in [3.63, 3.8) is 0 Å². The van der Waals surface area contributed by atoms with Gasteiger partial charge in [0, 0.05) is 36.8 Å². The average molecular weight is 565 g/mol. The number of fused-ring (bicyclic) bond motifs is 4. The van der Waals surface area contributed by atoms with Crippen LogP contribution in [0.25, 0.3) is 0 Å². The van der Waals surface area contributed by atoms with Gasteiger partial charge in [-0.3, -0.25) is 9.59 Å². The first kappa shape index (κ1) is 27.9. The van der Waals surface area contributed by atoms with E-state index in [0.29, 0.717) is 36.8 Å². The summed E-state index contributed by atoms with van der Waals surface area (Å²) in [4.78, 5) is 25.6. The van der Waals surface area contributed by atoms with Gasteiger partial charge in [-0.1, -0.05) is 52.0 Å². The van der Waals surface area contributed by atoms with Crippen molar-refractivity contribution in [2.24, 2.45) is 33.5 Å². The smallest absolute Gasteiger partial charge is 0.212 e. The van der Waals surface area contributed by atoms with Gasteiger partial charge in [-0.25, -0.2) is 26.3 Å². The molecule has 0 radical (unpaired) electrons. The summed E-state index contributed by atoms with van der Waals surface area (Å²) in [5.41, 5.74) is -1.06. The summed E-state index contributed by atoms with van der Waals surface area (Å²) in [6.45, 7) is 8.06. The van der Waals surface area contributed by atoms with E-state index in [1.165, 1.54) is 0 Å². The Labute approximate surface area is 226 Å². The van der Waals surface area contributed by atoms with Gasteiger partial charge in [0.15, 0.2) is 0 Å². The highest BCUT2D eigenvalue weighted by Gasteiger charge is 2.66. The largest absolute Gasteiger partial charge is 0.299 e. The van der Waals surface area contributed by atoms with Gasteiger partial charge in [-0.05, 0) is 59.5 Å². The minimum absolute atomic E-state index is 0.00545. The van der Waals surface area contributed by atoms with Gasteiger partial charge in [-0.2, -0.15) is 0 Å². The van der Waals surface area contributed by atoms with Crippen molar-refractivity contribution in [1.29, 1.82) is 0 Å². The predicted octanol–water partition coefficient (Wildman–Crippen LogP) is 3.32. The molecule has 4 bridgehead atoms. The number of carbonyl (C=O) groups is 2. The monoisotopic (exact) mass is 564 g/mol. The minimum atomic E-state index is -3.76. The maximum Gasteiger partial charge on any atom is 0.212 e. The van der Waals surface area contributed by atoms with Crippen LogP contribution in [0.5, 0.6) is 0 Å². The van der Waals surface area contributed by atoms with Crippen LogP contribution in [0.4, 0.5) is 0 Å². The highest BCUT2D eigenvalue weighted by atomic mass is 32.2. The first-order chi connectivity index (χ1) is 17.6. The second-order valence-corrected chi connectivity index (χ2v) is 16.9. The molecule has 4 aliphatic rings. The van der Waals surface area contributed by atoms with Gasteiger partial charge < -0.3 is 0 Å². The molecule has 38 heavy (non-hydrogen) atoms. The first-order valence-electron chi connectivity index (χ1n) is 13.6. The molecule has 0 heterocycles. The number of benzene rings is 1. The van der Waals surface area contributed by atoms with E-state index < -0.39 is 30.9 Å². The lowest BCUT2D eigenvalue weighted by Crippen LogP contribution is -2.45. The molecule has 0 aliphatic heterocycles. The van der Waals surface area contributed by atoms with Crippen LogP contribution >= 0.6 is 0 Å². The molecule has 5 rings (SSSR count). The topological polar surface area (TPSA) is 126 Å². The van der Waals surface area contributed by atoms with E-state index in [9.17, 15) is 26.4 Å². The standard InChI is InChI=1S/C28H40N2O6S2/c1-25(2)21-9-11-27(25,23(31)13-21)17-37(33,34)29-15-19-7-5-6-8-20(19)16-30-38(35,36)18-28-12-10-22(14-24(28)32)26(28,3)4/h5-8,21-22,29-30H,9-18H2,1-4H3/t21-,22-,27+,28+/m0/s1. The highest BCUT2D eigenvalue weighted by Crippen LogP contribution is 2.65. The third kappa shape index (κ3) is 4.21. The van der Waals surface area contributed by atoms with E-state index in [1.54, 1.807) is 24.3 Å². The van der Waals surface area contributed by atoms with E-state index in [2.05, 4.69) is 9.44 Å². The molecule has 4 atom stereocenters. The lowest BCUT2D eigenvalue weighted by molar-refractivity contribution is -0.128. The van der Waals surface area contributed by atoms with Crippen molar-refractivity contribution >= 4 is 31.6 Å². The molecule has 0 saturated heterocycles. The Morgan fingerprint density at radius 1 is 0.711 bits per heavy atom. The molecule has 4 saturated carbocycles. The van der Waals surface area contributed by atoms with Crippen LogP contribution in [0.15, 0.2) is 24.3 Å². The lowest BCUT2D eigenvalue weighted by atomic mass is 9.70. The number of hydrogen-bond acceptors (Lipinski definition) is 6. The number of nitrogens with one attached hydrogen (secondary N) is 2. The van der Waals surface area contributed by atoms with Crippen LogP contribution in [-0.2, 0) is 42.7 Å². The normalized spacial score (nSPS) is 33.4. The number of Topliss-reactive ketones (excluding diaryl/α,β-unsaturated/α-hetero) is 2. The predicted molar refractivity (Wildman–Crippen MR) is 145 cm³/mol. The number of hydrogen-bond donors (Lipinski definition) is 2. The van der Waals surface area contributed by atoms with Crippen molar-refractivity contribution in [1.82, 2.24) is 9.44 Å². The Morgan fingerprint density at radius 3 is 1.37 bits per heavy atom. The zero-order chi connectivity index (χ0) is 27.8. The molecule has 0 aromatic heterocycles. The van der Waals surface area contributed by atoms with E-state index in [-0.39, 0.29) is 58.8 Å². The third-order valence-electron chi connectivity index (χ3n) is 11.2. The molecule has 1 aromatic carbocycles. The Kier molecular flexibility index (Phi) is 6.57. The fourth-order valence-corrected chi connectivity index (χ4v) is 11.9. The SMILES string of the molecule is CC1(C)[C@H]2CC[C@@]1(CS(=O)(=O)NCc1ccccc1CNS(=O)(=O)C[C@]13CC[C@@H](CC1=O)C3(C)C)C(=O)C2. The number of sulfonamides is 2. The molecular formula is C28H40N2O6S2. The highest BCUT2D eigenvalue weighted by molar-refractivity contribution is 7.89. The Balaban J connectivity index is 1.25. The molecule has 1 aromatic rings. The Hall–Kier alpha value is -1.62. The van der Waals surface area contributed by atoms with Crippen LogP contribution in [-0.4, -0.2) is 39.9 Å². The molecule has 0 amide bonds. The first-order valence-corrected chi connectivity index (χ1v) is 16.9. The van der Waals surface area contributed by atoms with Crippen molar-refractivity contribution < 1.29 is 26.4 Å². The van der Waals surface area contributed by atoms with Crippen molar-refractivity contribution in [2.75, 3.05) is 11.5 Å². The van der Waals surface area contributed by atoms with E-state index >= 15 is 0 Å². The summed E-state index contributed by atoms with van der Waals surface area (Å²) in [6, 6.07) is 7.10. The van der Waals surface area contributed by atoms with Gasteiger partial charge in [0.05, 0.1) is 11.5 Å². The van der Waals surface area contributed by atoms with E-state index in [1.807, 2.05) is 27.7 Å². The van der Waals surface area contributed by atoms with Crippen molar-refractivity contribution in [3.8, 4) is 0 Å². The summed E-state index contributed by atoms with van der Waals surface area (Å²) in [5, 5.41) is 0. The fraction of sp³-hybridized carbons (Fsp3) is 0.714. The third-order valence-corrected chi connectivity index (χ3v) is 14.1. The lowest BCUT2D eigenvalue weighted by Gasteiger charge is -2.36. The second kappa shape index (κ2) is 8.94. The van der Waals surface area contributed by atoms with E-state index in [4.69, 9.17) is 0 Å². The second-order valence-electron chi connectivity index (χ2n) is 13.3. The van der Waals surface area contributed by atoms with Crippen molar-refractivity contribution in [2.45, 2.75) is 79.3 Å². The Morgan fingerprint density at radius 2 is 1.08 bits per heavy atom. The molecule has 2 N–H and O–H groups in total. The van der Waals surface area contributed by atoms with Crippen LogP contribution in [0.2, 0.25) is 0 Å². The minimum Gasteiger partial charge on any atom is -0.299 e. The number of ketones is 2. The van der Waals surface area contributed by atoms with Crippen molar-refractivity contribution in [3.05, 3.63) is 35.4 Å². The quantitative estimate of drug-likeness (QED) is 0.449. The molecule has 8 nitrogen and oxygen atoms in total. The fourth-order valence-electron chi connectivity index (χ4n) is 8.25. The zero-order valence-corrected chi connectivity index (χ0v) is 24.4. The summed E-state index contributed by atoms with van der Waals surface area (Å²) < 4.78 is 58.0. The summed E-state index contributed by atoms with van der Waals surface area (Å²) in [6.07, 6.45) is 3.87. The summed E-state index contributed by atoms with van der Waals surface area (Å²) in [5.74, 6) is 0.137. The molecule has 4 fully saturated rings. The average Bonchev–Trinajstić information content (AvgIpc) is 3.35. The molecule has 0 unspecified atom stereocenters. The summed E-state index contributed by atoms with van der Waals surface area (Å²) >= 11 is 0. The van der Waals surface area contributed by atoms with Gasteiger partial charge >= 0.3 is 0 Å². The molecule has 0 spiro atoms. The van der Waals surface area contributed by atoms with Gasteiger partial charge in [-0.15, -0.1) is 0 Å². The maximum atomic E-state index is 13.2. The number of carbonyl (C=O) groups excluding carboxylic acids is 2. The molecule has 210 valence electrons. The van der Waals surface area contributed by atoms with E-state index in [0.717, 1.165) is 12.8 Å².